The van der Waals surface area contributed by atoms with Crippen LogP contribution in [0.25, 0.3) is 11.3 Å². The Labute approximate surface area is 89.7 Å². The topological polar surface area (TPSA) is 88.9 Å². The predicted molar refractivity (Wildman–Crippen MR) is 56.9 cm³/mol. The third-order valence-corrected chi connectivity index (χ3v) is 2.05. The van der Waals surface area contributed by atoms with Crippen molar-refractivity contribution in [2.45, 2.75) is 0 Å². The number of aromatic amines is 1. The zero-order valence-electron chi connectivity index (χ0n) is 8.08. The number of non-ortho nitro benzene ring substituents is 1. The van der Waals surface area contributed by atoms with Crippen LogP contribution < -0.4 is 5.56 Å². The maximum absolute atomic E-state index is 10.8. The van der Waals surface area contributed by atoms with Gasteiger partial charge in [-0.2, -0.15) is 0 Å². The molecular formula is C10H7N3O3. The van der Waals surface area contributed by atoms with Gasteiger partial charge < -0.3 is 4.98 Å². The summed E-state index contributed by atoms with van der Waals surface area (Å²) in [5, 5.41) is 10.4. The molecule has 2 aromatic rings. The second-order valence-corrected chi connectivity index (χ2v) is 3.10. The first-order valence-corrected chi connectivity index (χ1v) is 4.46. The predicted octanol–water partition coefficient (Wildman–Crippen LogP) is 1.35. The van der Waals surface area contributed by atoms with E-state index in [0.717, 1.165) is 6.20 Å². The van der Waals surface area contributed by atoms with E-state index >= 15 is 0 Å². The molecule has 0 aliphatic carbocycles. The van der Waals surface area contributed by atoms with Crippen LogP contribution in [0, 0.1) is 10.1 Å². The van der Waals surface area contributed by atoms with E-state index in [9.17, 15) is 14.9 Å². The highest BCUT2D eigenvalue weighted by Gasteiger charge is 2.05. The molecule has 1 N–H and O–H groups in total. The Morgan fingerprint density at radius 2 is 1.94 bits per heavy atom. The summed E-state index contributed by atoms with van der Waals surface area (Å²) in [6, 6.07) is 5.95. The lowest BCUT2D eigenvalue weighted by Crippen LogP contribution is -2.04. The van der Waals surface area contributed by atoms with Crippen molar-refractivity contribution >= 4 is 5.69 Å². The number of nitro groups is 1. The van der Waals surface area contributed by atoms with Gasteiger partial charge in [0.2, 0.25) is 0 Å². The van der Waals surface area contributed by atoms with E-state index < -0.39 is 4.92 Å². The summed E-state index contributed by atoms with van der Waals surface area (Å²) in [6.07, 6.45) is 2.63. The van der Waals surface area contributed by atoms with E-state index in [1.807, 2.05) is 0 Å². The molecule has 1 aromatic carbocycles. The lowest BCUT2D eigenvalue weighted by atomic mass is 10.1. The van der Waals surface area contributed by atoms with E-state index in [0.29, 0.717) is 11.3 Å². The Morgan fingerprint density at radius 1 is 1.25 bits per heavy atom. The molecule has 0 saturated carbocycles. The van der Waals surface area contributed by atoms with Gasteiger partial charge in [-0.3, -0.25) is 14.9 Å². The van der Waals surface area contributed by atoms with Crippen molar-refractivity contribution in [3.63, 3.8) is 0 Å². The first-order chi connectivity index (χ1) is 7.66. The summed E-state index contributed by atoms with van der Waals surface area (Å²) in [5.74, 6) is 0. The molecular weight excluding hydrogens is 210 g/mol. The quantitative estimate of drug-likeness (QED) is 0.607. The largest absolute Gasteiger partial charge is 0.326 e. The third kappa shape index (κ3) is 1.95. The molecule has 0 saturated heterocycles. The van der Waals surface area contributed by atoms with Gasteiger partial charge in [0.25, 0.3) is 11.2 Å². The maximum Gasteiger partial charge on any atom is 0.269 e. The number of hydrogen-bond acceptors (Lipinski definition) is 4. The average Bonchev–Trinajstić information content (AvgIpc) is 2.30. The minimum atomic E-state index is -0.468. The zero-order chi connectivity index (χ0) is 11.5. The summed E-state index contributed by atoms with van der Waals surface area (Å²) >= 11 is 0. The molecule has 6 nitrogen and oxygen atoms in total. The van der Waals surface area contributed by atoms with Gasteiger partial charge in [-0.15, -0.1) is 0 Å². The number of H-pyrrole nitrogens is 1. The number of nitrogens with zero attached hydrogens (tertiary/aromatic N) is 2. The van der Waals surface area contributed by atoms with Crippen LogP contribution in [0.4, 0.5) is 5.69 Å². The van der Waals surface area contributed by atoms with Crippen molar-refractivity contribution in [2.24, 2.45) is 0 Å². The Balaban J connectivity index is 2.38. The minimum Gasteiger partial charge on any atom is -0.326 e. The molecule has 0 radical (unpaired) electrons. The van der Waals surface area contributed by atoms with Gasteiger partial charge in [0.1, 0.15) is 0 Å². The van der Waals surface area contributed by atoms with Crippen LogP contribution in [0.5, 0.6) is 0 Å². The Bertz CT molecular complexity index is 554. The second kappa shape index (κ2) is 3.93. The summed E-state index contributed by atoms with van der Waals surface area (Å²) in [4.78, 5) is 27.1. The Morgan fingerprint density at radius 3 is 2.44 bits per heavy atom. The average molecular weight is 217 g/mol. The summed E-state index contributed by atoms with van der Waals surface area (Å²) in [7, 11) is 0. The molecule has 0 aliphatic heterocycles. The number of hydrogen-bond donors (Lipinski definition) is 1. The number of nitrogens with one attached hydrogen (secondary N) is 1. The van der Waals surface area contributed by atoms with Crippen LogP contribution in [0.2, 0.25) is 0 Å². The molecule has 0 unspecified atom stereocenters. The van der Waals surface area contributed by atoms with Gasteiger partial charge in [-0.05, 0) is 12.1 Å². The monoisotopic (exact) mass is 217 g/mol. The highest BCUT2D eigenvalue weighted by Crippen LogP contribution is 2.18. The van der Waals surface area contributed by atoms with Crippen LogP contribution in [0.3, 0.4) is 0 Å². The fraction of sp³-hybridized carbons (Fsp3) is 0. The van der Waals surface area contributed by atoms with Crippen molar-refractivity contribution in [2.75, 3.05) is 0 Å². The van der Waals surface area contributed by atoms with Crippen LogP contribution in [0.1, 0.15) is 0 Å². The molecule has 0 amide bonds. The highest BCUT2D eigenvalue weighted by molar-refractivity contribution is 5.59. The molecule has 0 bridgehead atoms. The molecule has 1 aromatic heterocycles. The fourth-order valence-corrected chi connectivity index (χ4v) is 1.25. The van der Waals surface area contributed by atoms with Crippen molar-refractivity contribution in [3.8, 4) is 11.3 Å². The molecule has 0 spiro atoms. The Kier molecular flexibility index (Phi) is 2.47. The first kappa shape index (κ1) is 10.0. The van der Waals surface area contributed by atoms with Crippen molar-refractivity contribution in [1.82, 2.24) is 9.97 Å². The number of aromatic nitrogens is 2. The van der Waals surface area contributed by atoms with Crippen molar-refractivity contribution < 1.29 is 4.92 Å². The molecule has 0 fully saturated rings. The van der Waals surface area contributed by atoms with E-state index in [-0.39, 0.29) is 11.2 Å². The lowest BCUT2D eigenvalue weighted by Gasteiger charge is -1.98. The molecule has 16 heavy (non-hydrogen) atoms. The van der Waals surface area contributed by atoms with Crippen LogP contribution >= 0.6 is 0 Å². The van der Waals surface area contributed by atoms with Crippen molar-refractivity contribution in [3.05, 3.63) is 57.1 Å². The molecule has 80 valence electrons. The van der Waals surface area contributed by atoms with Gasteiger partial charge in [-0.25, -0.2) is 4.98 Å². The maximum atomic E-state index is 10.8. The van der Waals surface area contributed by atoms with Crippen LogP contribution in [-0.2, 0) is 0 Å². The molecule has 2 rings (SSSR count). The van der Waals surface area contributed by atoms with E-state index in [1.165, 1.54) is 18.3 Å². The standard InChI is InChI=1S/C10H7N3O3/c14-10-6-11-9(5-12-10)7-1-3-8(4-2-7)13(15)16/h1-6H,(H,12,14). The molecule has 1 heterocycles. The summed E-state index contributed by atoms with van der Waals surface area (Å²) in [5.41, 5.74) is 1.01. The molecule has 0 atom stereocenters. The summed E-state index contributed by atoms with van der Waals surface area (Å²) < 4.78 is 0. The van der Waals surface area contributed by atoms with Crippen LogP contribution in [-0.4, -0.2) is 14.9 Å². The van der Waals surface area contributed by atoms with Gasteiger partial charge >= 0.3 is 0 Å². The van der Waals surface area contributed by atoms with Gasteiger partial charge in [0.15, 0.2) is 0 Å². The molecule has 6 heteroatoms. The van der Waals surface area contributed by atoms with Gasteiger partial charge in [0, 0.05) is 23.9 Å². The van der Waals surface area contributed by atoms with E-state index in [4.69, 9.17) is 0 Å². The Hall–Kier alpha value is -2.50. The first-order valence-electron chi connectivity index (χ1n) is 4.46. The smallest absolute Gasteiger partial charge is 0.269 e. The fourth-order valence-electron chi connectivity index (χ4n) is 1.25. The summed E-state index contributed by atoms with van der Waals surface area (Å²) in [6.45, 7) is 0. The zero-order valence-corrected chi connectivity index (χ0v) is 8.08. The van der Waals surface area contributed by atoms with Gasteiger partial charge in [0.05, 0.1) is 16.8 Å². The third-order valence-electron chi connectivity index (χ3n) is 2.05. The minimum absolute atomic E-state index is 0.0215. The van der Waals surface area contributed by atoms with E-state index in [2.05, 4.69) is 9.97 Å². The van der Waals surface area contributed by atoms with Crippen molar-refractivity contribution in [1.29, 1.82) is 0 Å². The second-order valence-electron chi connectivity index (χ2n) is 3.10. The number of nitro benzene ring substituents is 1. The lowest BCUT2D eigenvalue weighted by molar-refractivity contribution is -0.384. The highest BCUT2D eigenvalue weighted by atomic mass is 16.6. The van der Waals surface area contributed by atoms with Gasteiger partial charge in [-0.1, -0.05) is 0 Å². The van der Waals surface area contributed by atoms with E-state index in [1.54, 1.807) is 12.1 Å². The van der Waals surface area contributed by atoms with Crippen LogP contribution in [0.15, 0.2) is 41.5 Å². The number of rotatable bonds is 2. The SMILES string of the molecule is O=c1cnc(-c2ccc([N+](=O)[O-])cc2)c[nH]1. The normalized spacial score (nSPS) is 10.0. The molecule has 0 aliphatic rings. The number of benzene rings is 1.